The van der Waals surface area contributed by atoms with Crippen molar-refractivity contribution in [3.05, 3.63) is 12.7 Å². The average molecular weight is 299 g/mol. The molecule has 0 unspecified atom stereocenters. The van der Waals surface area contributed by atoms with Crippen molar-refractivity contribution in [2.75, 3.05) is 18.2 Å². The molecule has 88 valence electrons. The summed E-state index contributed by atoms with van der Waals surface area (Å²) in [5.74, 6) is -0.762. The van der Waals surface area contributed by atoms with Crippen LogP contribution in [0, 0.1) is 0 Å². The van der Waals surface area contributed by atoms with Gasteiger partial charge in [0.2, 0.25) is 0 Å². The molecular weight excluding hydrogens is 284 g/mol. The summed E-state index contributed by atoms with van der Waals surface area (Å²) in [6, 6.07) is 0. The van der Waals surface area contributed by atoms with Gasteiger partial charge in [-0.1, -0.05) is 22.0 Å². The van der Waals surface area contributed by atoms with Gasteiger partial charge in [0.05, 0.1) is 6.61 Å². The molecule has 0 aliphatic rings. The van der Waals surface area contributed by atoms with E-state index in [0.29, 0.717) is 5.33 Å². The van der Waals surface area contributed by atoms with Gasteiger partial charge in [0.15, 0.2) is 14.6 Å². The first-order valence-corrected chi connectivity index (χ1v) is 7.43. The van der Waals surface area contributed by atoms with Crippen LogP contribution in [0.5, 0.6) is 0 Å². The molecule has 0 aromatic rings. The Morgan fingerprint density at radius 1 is 1.60 bits per heavy atom. The third-order valence-corrected chi connectivity index (χ3v) is 4.34. The van der Waals surface area contributed by atoms with Gasteiger partial charge in [0.1, 0.15) is 0 Å². The fraction of sp³-hybridized carbons (Fsp3) is 0.667. The normalized spacial score (nSPS) is 15.4. The summed E-state index contributed by atoms with van der Waals surface area (Å²) in [7, 11) is -3.58. The zero-order chi connectivity index (χ0) is 12.1. The fourth-order valence-electron chi connectivity index (χ4n) is 1.17. The van der Waals surface area contributed by atoms with Gasteiger partial charge in [0, 0.05) is 11.6 Å². The zero-order valence-electron chi connectivity index (χ0n) is 8.82. The Bertz CT molecular complexity index is 336. The minimum absolute atomic E-state index is 0.119. The van der Waals surface area contributed by atoms with Crippen molar-refractivity contribution in [1.82, 2.24) is 0 Å². The molecular formula is C9H15BrO4S. The second-order valence-electron chi connectivity index (χ2n) is 3.03. The van der Waals surface area contributed by atoms with Crippen LogP contribution in [0.25, 0.3) is 0 Å². The number of hydrogen-bond donors (Lipinski definition) is 0. The van der Waals surface area contributed by atoms with Crippen LogP contribution in [0.3, 0.4) is 0 Å². The van der Waals surface area contributed by atoms with E-state index in [-0.39, 0.29) is 13.0 Å². The Hall–Kier alpha value is -0.360. The Morgan fingerprint density at radius 2 is 2.13 bits per heavy atom. The molecule has 4 nitrogen and oxygen atoms in total. The first kappa shape index (κ1) is 14.6. The second-order valence-corrected chi connectivity index (χ2v) is 6.09. The number of rotatable bonds is 6. The van der Waals surface area contributed by atoms with Crippen LogP contribution in [0.15, 0.2) is 12.7 Å². The van der Waals surface area contributed by atoms with E-state index >= 15 is 0 Å². The van der Waals surface area contributed by atoms with E-state index in [9.17, 15) is 13.2 Å². The highest BCUT2D eigenvalue weighted by Crippen LogP contribution is 2.25. The fourth-order valence-corrected chi connectivity index (χ4v) is 3.19. The number of ether oxygens (including phenoxy) is 1. The van der Waals surface area contributed by atoms with E-state index in [1.165, 1.54) is 0 Å². The lowest BCUT2D eigenvalue weighted by atomic mass is 10.1. The molecule has 0 fully saturated rings. The van der Waals surface area contributed by atoms with Crippen LogP contribution in [-0.4, -0.2) is 37.3 Å². The number of carbonyl (C=O) groups excluding carboxylic acids is 1. The highest BCUT2D eigenvalue weighted by Gasteiger charge is 2.46. The summed E-state index contributed by atoms with van der Waals surface area (Å²) < 4.78 is 26.3. The van der Waals surface area contributed by atoms with Gasteiger partial charge in [0.25, 0.3) is 0 Å². The van der Waals surface area contributed by atoms with Crippen molar-refractivity contribution in [1.29, 1.82) is 0 Å². The van der Waals surface area contributed by atoms with Crippen molar-refractivity contribution < 1.29 is 17.9 Å². The molecule has 0 radical (unpaired) electrons. The van der Waals surface area contributed by atoms with E-state index in [2.05, 4.69) is 22.5 Å². The molecule has 0 N–H and O–H groups in total. The van der Waals surface area contributed by atoms with E-state index in [1.807, 2.05) is 0 Å². The highest BCUT2D eigenvalue weighted by molar-refractivity contribution is 9.09. The molecule has 0 aliphatic heterocycles. The quantitative estimate of drug-likeness (QED) is 0.421. The molecule has 1 atom stereocenters. The Morgan fingerprint density at radius 3 is 2.40 bits per heavy atom. The predicted molar refractivity (Wildman–Crippen MR) is 62.8 cm³/mol. The largest absolute Gasteiger partial charge is 0.465 e. The minimum atomic E-state index is -3.58. The number of alkyl halides is 1. The summed E-state index contributed by atoms with van der Waals surface area (Å²) in [4.78, 5) is 11.6. The summed E-state index contributed by atoms with van der Waals surface area (Å²) in [6.45, 7) is 5.19. The van der Waals surface area contributed by atoms with E-state index in [4.69, 9.17) is 4.74 Å². The number of carbonyl (C=O) groups is 1. The lowest BCUT2D eigenvalue weighted by Gasteiger charge is -2.25. The molecule has 0 rings (SSSR count). The third-order valence-electron chi connectivity index (χ3n) is 2.08. The average Bonchev–Trinajstić information content (AvgIpc) is 2.12. The van der Waals surface area contributed by atoms with Gasteiger partial charge in [-0.2, -0.15) is 0 Å². The SMILES string of the molecule is C=C[C@@](CCBr)(C(=O)OCC)S(C)(=O)=O. The number of sulfone groups is 1. The summed E-state index contributed by atoms with van der Waals surface area (Å²) in [6.07, 6.45) is 2.27. The molecule has 0 saturated heterocycles. The predicted octanol–water partition coefficient (Wildman–Crippen LogP) is 1.30. The summed E-state index contributed by atoms with van der Waals surface area (Å²) in [5, 5.41) is 0.380. The molecule has 0 aliphatic carbocycles. The van der Waals surface area contributed by atoms with Crippen molar-refractivity contribution in [2.45, 2.75) is 18.1 Å². The van der Waals surface area contributed by atoms with Crippen molar-refractivity contribution in [3.8, 4) is 0 Å². The smallest absolute Gasteiger partial charge is 0.331 e. The minimum Gasteiger partial charge on any atom is -0.465 e. The van der Waals surface area contributed by atoms with Gasteiger partial charge in [-0.05, 0) is 13.3 Å². The highest BCUT2D eigenvalue weighted by atomic mass is 79.9. The Labute approximate surface area is 98.7 Å². The Balaban J connectivity index is 5.35. The molecule has 0 aromatic carbocycles. The molecule has 0 aromatic heterocycles. The standard InChI is InChI=1S/C9H15BrO4S/c1-4-9(6-7-10,15(3,12)13)8(11)14-5-2/h4H,1,5-7H2,2-3H3/t9-/m1/s1. The van der Waals surface area contributed by atoms with E-state index < -0.39 is 20.6 Å². The number of halogens is 1. The monoisotopic (exact) mass is 298 g/mol. The molecule has 0 heterocycles. The van der Waals surface area contributed by atoms with Gasteiger partial charge < -0.3 is 4.74 Å². The maximum atomic E-state index is 11.6. The third kappa shape index (κ3) is 3.04. The van der Waals surface area contributed by atoms with Crippen molar-refractivity contribution >= 4 is 31.7 Å². The Kier molecular flexibility index (Phi) is 5.51. The maximum Gasteiger partial charge on any atom is 0.331 e. The van der Waals surface area contributed by atoms with E-state index in [1.54, 1.807) is 6.92 Å². The van der Waals surface area contributed by atoms with Crippen LogP contribution in [0.1, 0.15) is 13.3 Å². The van der Waals surface area contributed by atoms with Crippen molar-refractivity contribution in [2.24, 2.45) is 0 Å². The first-order valence-electron chi connectivity index (χ1n) is 4.42. The van der Waals surface area contributed by atoms with Crippen molar-refractivity contribution in [3.63, 3.8) is 0 Å². The van der Waals surface area contributed by atoms with Gasteiger partial charge in [-0.15, -0.1) is 6.58 Å². The molecule has 6 heteroatoms. The molecule has 0 spiro atoms. The van der Waals surface area contributed by atoms with Gasteiger partial charge in [-0.25, -0.2) is 8.42 Å². The van der Waals surface area contributed by atoms with Gasteiger partial charge in [-0.3, -0.25) is 4.79 Å². The second kappa shape index (κ2) is 5.65. The lowest BCUT2D eigenvalue weighted by molar-refractivity contribution is -0.144. The lowest BCUT2D eigenvalue weighted by Crippen LogP contribution is -2.45. The van der Waals surface area contributed by atoms with Crippen LogP contribution in [0.2, 0.25) is 0 Å². The first-order chi connectivity index (χ1) is 6.85. The van der Waals surface area contributed by atoms with Gasteiger partial charge >= 0.3 is 5.97 Å². The van der Waals surface area contributed by atoms with E-state index in [0.717, 1.165) is 12.3 Å². The maximum absolute atomic E-state index is 11.6. The molecule has 15 heavy (non-hydrogen) atoms. The molecule has 0 saturated carbocycles. The molecule has 0 bridgehead atoms. The van der Waals surface area contributed by atoms with Crippen LogP contribution in [0.4, 0.5) is 0 Å². The molecule has 0 amide bonds. The number of esters is 1. The van der Waals surface area contributed by atoms with Crippen LogP contribution < -0.4 is 0 Å². The van der Waals surface area contributed by atoms with Crippen LogP contribution in [-0.2, 0) is 19.4 Å². The summed E-state index contributed by atoms with van der Waals surface area (Å²) in [5.41, 5.74) is 0. The summed E-state index contributed by atoms with van der Waals surface area (Å²) >= 11 is 3.12. The number of hydrogen-bond acceptors (Lipinski definition) is 4. The zero-order valence-corrected chi connectivity index (χ0v) is 11.2. The topological polar surface area (TPSA) is 60.4 Å². The van der Waals surface area contributed by atoms with Crippen LogP contribution >= 0.6 is 15.9 Å².